The van der Waals surface area contributed by atoms with Crippen LogP contribution in [0.25, 0.3) is 0 Å². The average molecular weight is 371 g/mol. The lowest BCUT2D eigenvalue weighted by Gasteiger charge is -1.99. The molecule has 0 aromatic heterocycles. The fraction of sp³-hybridized carbons (Fsp3) is 0.909. The van der Waals surface area contributed by atoms with Crippen LogP contribution in [0, 0.1) is 0 Å². The predicted octanol–water partition coefficient (Wildman–Crippen LogP) is 6.01. The molecule has 0 spiro atoms. The second-order valence-corrected chi connectivity index (χ2v) is 7.38. The molecule has 0 radical (unpaired) electrons. The minimum Gasteiger partial charge on any atom is -0.370 e. The van der Waals surface area contributed by atoms with E-state index in [1.807, 2.05) is 0 Å². The van der Waals surface area contributed by atoms with Gasteiger partial charge in [-0.05, 0) is 12.8 Å². The number of amides is 2. The summed E-state index contributed by atoms with van der Waals surface area (Å²) in [5.74, 6) is -0.322. The van der Waals surface area contributed by atoms with Crippen molar-refractivity contribution < 1.29 is 9.59 Å². The molecule has 0 unspecified atom stereocenters. The van der Waals surface area contributed by atoms with E-state index < -0.39 is 0 Å². The molecule has 0 heterocycles. The maximum Gasteiger partial charge on any atom is 0.217 e. The van der Waals surface area contributed by atoms with E-state index in [0.29, 0.717) is 12.8 Å². The van der Waals surface area contributed by atoms with Crippen LogP contribution >= 0.6 is 0 Å². The minimum absolute atomic E-state index is 0.161. The van der Waals surface area contributed by atoms with E-state index in [2.05, 4.69) is 13.8 Å². The van der Waals surface area contributed by atoms with Crippen LogP contribution in [-0.4, -0.2) is 11.8 Å². The van der Waals surface area contributed by atoms with Crippen LogP contribution in [0.5, 0.6) is 0 Å². The van der Waals surface area contributed by atoms with Gasteiger partial charge in [-0.25, -0.2) is 0 Å². The van der Waals surface area contributed by atoms with Gasteiger partial charge in [0.2, 0.25) is 11.8 Å². The summed E-state index contributed by atoms with van der Waals surface area (Å²) in [6.45, 7) is 4.46. The van der Waals surface area contributed by atoms with Gasteiger partial charge in [-0.2, -0.15) is 0 Å². The van der Waals surface area contributed by atoms with Crippen LogP contribution < -0.4 is 11.5 Å². The van der Waals surface area contributed by atoms with Crippen molar-refractivity contribution in [2.75, 3.05) is 0 Å². The molecule has 4 heteroatoms. The average Bonchev–Trinajstić information content (AvgIpc) is 2.60. The monoisotopic (exact) mass is 370 g/mol. The third kappa shape index (κ3) is 30.8. The van der Waals surface area contributed by atoms with E-state index in [0.717, 1.165) is 25.7 Å². The zero-order valence-corrected chi connectivity index (χ0v) is 17.7. The highest BCUT2D eigenvalue weighted by molar-refractivity contribution is 5.73. The number of rotatable bonds is 18. The van der Waals surface area contributed by atoms with E-state index in [4.69, 9.17) is 11.5 Å². The van der Waals surface area contributed by atoms with Gasteiger partial charge in [0.25, 0.3) is 0 Å². The second-order valence-electron chi connectivity index (χ2n) is 7.38. The van der Waals surface area contributed by atoms with Gasteiger partial charge in [0, 0.05) is 12.8 Å². The van der Waals surface area contributed by atoms with Gasteiger partial charge in [-0.1, -0.05) is 104 Å². The Bertz CT molecular complexity index is 277. The Morgan fingerprint density at radius 3 is 0.923 bits per heavy atom. The van der Waals surface area contributed by atoms with Gasteiger partial charge >= 0.3 is 0 Å². The first kappa shape index (κ1) is 27.2. The van der Waals surface area contributed by atoms with Crippen LogP contribution in [0.1, 0.15) is 129 Å². The molecule has 0 bridgehead atoms. The lowest BCUT2D eigenvalue weighted by molar-refractivity contribution is -0.119. The molecule has 0 aromatic carbocycles. The van der Waals surface area contributed by atoms with Gasteiger partial charge in [-0.15, -0.1) is 0 Å². The lowest BCUT2D eigenvalue weighted by atomic mass is 10.1. The summed E-state index contributed by atoms with van der Waals surface area (Å²) in [6.07, 6.45) is 21.3. The molecule has 0 atom stereocenters. The SMILES string of the molecule is CCCCCCCCCCC(N)=O.CCCCCCCCCCC(N)=O. The summed E-state index contributed by atoms with van der Waals surface area (Å²) in [4.78, 5) is 20.8. The Balaban J connectivity index is 0. The molecule has 156 valence electrons. The normalized spacial score (nSPS) is 10.2. The predicted molar refractivity (Wildman–Crippen MR) is 113 cm³/mol. The maximum absolute atomic E-state index is 10.4. The number of primary amides is 2. The summed E-state index contributed by atoms with van der Waals surface area (Å²) in [7, 11) is 0. The van der Waals surface area contributed by atoms with E-state index >= 15 is 0 Å². The Labute approximate surface area is 162 Å². The molecule has 0 aromatic rings. The van der Waals surface area contributed by atoms with E-state index in [1.165, 1.54) is 77.0 Å². The molecular weight excluding hydrogens is 324 g/mol. The molecule has 2 amide bonds. The van der Waals surface area contributed by atoms with Crippen LogP contribution in [0.3, 0.4) is 0 Å². The number of unbranched alkanes of at least 4 members (excludes halogenated alkanes) is 14. The highest BCUT2D eigenvalue weighted by Gasteiger charge is 1.95. The molecule has 0 aliphatic rings. The topological polar surface area (TPSA) is 86.2 Å². The van der Waals surface area contributed by atoms with E-state index in [9.17, 15) is 9.59 Å². The van der Waals surface area contributed by atoms with Crippen LogP contribution in [-0.2, 0) is 9.59 Å². The van der Waals surface area contributed by atoms with Gasteiger partial charge in [-0.3, -0.25) is 9.59 Å². The first-order chi connectivity index (χ1) is 12.5. The van der Waals surface area contributed by atoms with Crippen molar-refractivity contribution >= 4 is 11.8 Å². The molecule has 0 saturated carbocycles. The first-order valence-electron chi connectivity index (χ1n) is 11.1. The Kier molecular flexibility index (Phi) is 25.0. The number of hydrogen-bond acceptors (Lipinski definition) is 2. The van der Waals surface area contributed by atoms with Crippen molar-refractivity contribution in [2.45, 2.75) is 129 Å². The molecule has 0 saturated heterocycles. The summed E-state index contributed by atoms with van der Waals surface area (Å²) < 4.78 is 0. The Morgan fingerprint density at radius 2 is 0.692 bits per heavy atom. The van der Waals surface area contributed by atoms with Crippen molar-refractivity contribution in [1.82, 2.24) is 0 Å². The quantitative estimate of drug-likeness (QED) is 0.290. The number of hydrogen-bond donors (Lipinski definition) is 2. The van der Waals surface area contributed by atoms with Gasteiger partial charge in [0.15, 0.2) is 0 Å². The van der Waals surface area contributed by atoms with Crippen molar-refractivity contribution in [1.29, 1.82) is 0 Å². The highest BCUT2D eigenvalue weighted by Crippen LogP contribution is 2.09. The van der Waals surface area contributed by atoms with E-state index in [1.54, 1.807) is 0 Å². The van der Waals surface area contributed by atoms with Gasteiger partial charge < -0.3 is 11.5 Å². The Hall–Kier alpha value is -1.06. The van der Waals surface area contributed by atoms with E-state index in [-0.39, 0.29) is 11.8 Å². The third-order valence-corrected chi connectivity index (χ3v) is 4.55. The number of nitrogens with two attached hydrogens (primary N) is 2. The number of carbonyl (C=O) groups excluding carboxylic acids is 2. The Morgan fingerprint density at radius 1 is 0.462 bits per heavy atom. The summed E-state index contributed by atoms with van der Waals surface area (Å²) in [5.41, 5.74) is 10.1. The largest absolute Gasteiger partial charge is 0.370 e. The van der Waals surface area contributed by atoms with Crippen LogP contribution in [0.4, 0.5) is 0 Å². The molecule has 0 aliphatic heterocycles. The molecule has 0 rings (SSSR count). The molecule has 0 aliphatic carbocycles. The van der Waals surface area contributed by atoms with Crippen molar-refractivity contribution in [3.63, 3.8) is 0 Å². The lowest BCUT2D eigenvalue weighted by Crippen LogP contribution is -2.09. The highest BCUT2D eigenvalue weighted by atomic mass is 16.1. The molecule has 4 N–H and O–H groups in total. The zero-order valence-electron chi connectivity index (χ0n) is 17.7. The summed E-state index contributed by atoms with van der Waals surface area (Å²) >= 11 is 0. The molecule has 26 heavy (non-hydrogen) atoms. The van der Waals surface area contributed by atoms with Gasteiger partial charge in [0.05, 0.1) is 0 Å². The smallest absolute Gasteiger partial charge is 0.217 e. The maximum atomic E-state index is 10.4. The fourth-order valence-electron chi connectivity index (χ4n) is 2.87. The summed E-state index contributed by atoms with van der Waals surface area (Å²) in [6, 6.07) is 0. The first-order valence-corrected chi connectivity index (χ1v) is 11.1. The molecule has 4 nitrogen and oxygen atoms in total. The summed E-state index contributed by atoms with van der Waals surface area (Å²) in [5, 5.41) is 0. The van der Waals surface area contributed by atoms with Crippen molar-refractivity contribution in [2.24, 2.45) is 11.5 Å². The van der Waals surface area contributed by atoms with Gasteiger partial charge in [0.1, 0.15) is 0 Å². The van der Waals surface area contributed by atoms with Crippen molar-refractivity contribution in [3.8, 4) is 0 Å². The molecular formula is C22H46N2O2. The standard InChI is InChI=1S/2C11H23NO/c2*1-2-3-4-5-6-7-8-9-10-11(12)13/h2*2-10H2,1H3,(H2,12,13). The van der Waals surface area contributed by atoms with Crippen LogP contribution in [0.15, 0.2) is 0 Å². The third-order valence-electron chi connectivity index (χ3n) is 4.55. The zero-order chi connectivity index (χ0) is 19.9. The van der Waals surface area contributed by atoms with Crippen molar-refractivity contribution in [3.05, 3.63) is 0 Å². The second kappa shape index (κ2) is 23.9. The van der Waals surface area contributed by atoms with Crippen LogP contribution in [0.2, 0.25) is 0 Å². The fourth-order valence-corrected chi connectivity index (χ4v) is 2.87. The molecule has 0 fully saturated rings. The number of carbonyl (C=O) groups is 2. The minimum atomic E-state index is -0.161.